The van der Waals surface area contributed by atoms with Crippen molar-refractivity contribution in [2.45, 2.75) is 6.54 Å². The Hall–Kier alpha value is -3.47. The van der Waals surface area contributed by atoms with E-state index in [1.54, 1.807) is 31.4 Å². The fraction of sp³-hybridized carbons (Fsp3) is 0.250. The van der Waals surface area contributed by atoms with Crippen LogP contribution in [-0.2, 0) is 21.4 Å². The summed E-state index contributed by atoms with van der Waals surface area (Å²) in [4.78, 5) is 18.1. The van der Waals surface area contributed by atoms with Crippen LogP contribution in [0.15, 0.2) is 53.1 Å². The highest BCUT2D eigenvalue weighted by Crippen LogP contribution is 2.21. The van der Waals surface area contributed by atoms with Gasteiger partial charge in [-0.15, -0.1) is 0 Å². The third kappa shape index (κ3) is 5.57. The second-order valence-electron chi connectivity index (χ2n) is 6.74. The fourth-order valence-electron chi connectivity index (χ4n) is 2.74. The normalized spacial score (nSPS) is 11.2. The van der Waals surface area contributed by atoms with Crippen LogP contribution in [0, 0.1) is 5.82 Å². The number of hydrogen-bond acceptors (Lipinski definition) is 7. The van der Waals surface area contributed by atoms with E-state index in [-0.39, 0.29) is 18.1 Å². The van der Waals surface area contributed by atoms with Crippen molar-refractivity contribution in [3.05, 3.63) is 60.2 Å². The largest absolute Gasteiger partial charge is 0.497 e. The maximum absolute atomic E-state index is 13.5. The maximum atomic E-state index is 13.5. The molecule has 2 aromatic carbocycles. The first-order valence-corrected chi connectivity index (χ1v) is 11.0. The van der Waals surface area contributed by atoms with Gasteiger partial charge in [0.2, 0.25) is 27.6 Å². The summed E-state index contributed by atoms with van der Waals surface area (Å²) in [6, 6.07) is 12.1. The first-order valence-electron chi connectivity index (χ1n) is 9.11. The van der Waals surface area contributed by atoms with E-state index in [0.29, 0.717) is 17.1 Å². The first kappa shape index (κ1) is 22.2. The summed E-state index contributed by atoms with van der Waals surface area (Å²) in [6.07, 6.45) is 0.949. The second kappa shape index (κ2) is 9.13. The topological polar surface area (TPSA) is 106 Å². The van der Waals surface area contributed by atoms with E-state index in [9.17, 15) is 17.6 Å². The minimum Gasteiger partial charge on any atom is -0.497 e. The van der Waals surface area contributed by atoms with Gasteiger partial charge in [0, 0.05) is 12.6 Å². The lowest BCUT2D eigenvalue weighted by Gasteiger charge is -2.24. The van der Waals surface area contributed by atoms with Gasteiger partial charge in [0.15, 0.2) is 0 Å². The number of hydrogen-bond donors (Lipinski definition) is 0. The molecule has 3 rings (SSSR count). The number of halogens is 1. The highest BCUT2D eigenvalue weighted by Gasteiger charge is 2.24. The van der Waals surface area contributed by atoms with Crippen molar-refractivity contribution >= 4 is 21.6 Å². The van der Waals surface area contributed by atoms with Gasteiger partial charge < -0.3 is 14.2 Å². The average Bonchev–Trinajstić information content (AvgIpc) is 3.19. The van der Waals surface area contributed by atoms with Crippen LogP contribution >= 0.6 is 0 Å². The molecule has 164 valence electrons. The number of amides is 1. The molecule has 1 heterocycles. The summed E-state index contributed by atoms with van der Waals surface area (Å²) in [5, 5.41) is 3.90. The Balaban J connectivity index is 1.70. The number of likely N-dealkylation sites (N-methyl/N-ethyl adjacent to an activating group) is 1. The highest BCUT2D eigenvalue weighted by molar-refractivity contribution is 7.92. The van der Waals surface area contributed by atoms with Crippen molar-refractivity contribution < 1.29 is 26.9 Å². The first-order chi connectivity index (χ1) is 14.7. The Kier molecular flexibility index (Phi) is 6.54. The molecule has 0 bridgehead atoms. The van der Waals surface area contributed by atoms with Gasteiger partial charge in [0.1, 0.15) is 18.1 Å². The molecule has 0 fully saturated rings. The molecule has 1 aromatic heterocycles. The van der Waals surface area contributed by atoms with Crippen LogP contribution in [0.2, 0.25) is 0 Å². The number of anilines is 1. The van der Waals surface area contributed by atoms with E-state index < -0.39 is 28.3 Å². The molecule has 0 spiro atoms. The lowest BCUT2D eigenvalue weighted by Crippen LogP contribution is -2.41. The molecule has 0 saturated heterocycles. The van der Waals surface area contributed by atoms with Crippen molar-refractivity contribution in [1.82, 2.24) is 15.0 Å². The van der Waals surface area contributed by atoms with Crippen LogP contribution in [-0.4, -0.2) is 56.3 Å². The highest BCUT2D eigenvalue weighted by atomic mass is 32.2. The third-order valence-corrected chi connectivity index (χ3v) is 5.53. The van der Waals surface area contributed by atoms with Gasteiger partial charge in [-0.1, -0.05) is 11.2 Å². The van der Waals surface area contributed by atoms with Crippen LogP contribution < -0.4 is 9.04 Å². The minimum atomic E-state index is -3.82. The van der Waals surface area contributed by atoms with Gasteiger partial charge in [-0.3, -0.25) is 9.10 Å². The van der Waals surface area contributed by atoms with Crippen molar-refractivity contribution in [2.75, 3.05) is 31.3 Å². The zero-order valence-electron chi connectivity index (χ0n) is 17.1. The molecule has 3 aromatic rings. The number of carbonyl (C=O) groups is 1. The van der Waals surface area contributed by atoms with E-state index in [1.165, 1.54) is 30.1 Å². The predicted molar refractivity (Wildman–Crippen MR) is 111 cm³/mol. The zero-order valence-corrected chi connectivity index (χ0v) is 18.0. The van der Waals surface area contributed by atoms with Gasteiger partial charge in [-0.25, -0.2) is 12.8 Å². The molecule has 0 unspecified atom stereocenters. The van der Waals surface area contributed by atoms with E-state index >= 15 is 0 Å². The fourth-order valence-corrected chi connectivity index (χ4v) is 3.58. The van der Waals surface area contributed by atoms with E-state index in [1.807, 2.05) is 0 Å². The van der Waals surface area contributed by atoms with Crippen molar-refractivity contribution in [3.8, 4) is 17.1 Å². The molecule has 1 amide bonds. The molecule has 9 nitrogen and oxygen atoms in total. The number of carbonyl (C=O) groups excluding carboxylic acids is 1. The van der Waals surface area contributed by atoms with Gasteiger partial charge in [-0.05, 0) is 42.5 Å². The molecule has 31 heavy (non-hydrogen) atoms. The molecular formula is C20H21FN4O5S. The minimum absolute atomic E-state index is 0.0251. The van der Waals surface area contributed by atoms with Crippen LogP contribution in [0.1, 0.15) is 5.89 Å². The number of ether oxygens (including phenoxy) is 1. The molecular weight excluding hydrogens is 427 g/mol. The number of aromatic nitrogens is 2. The van der Waals surface area contributed by atoms with Crippen molar-refractivity contribution in [2.24, 2.45) is 0 Å². The quantitative estimate of drug-likeness (QED) is 0.521. The molecule has 0 radical (unpaired) electrons. The predicted octanol–water partition coefficient (Wildman–Crippen LogP) is 2.31. The molecule has 0 aliphatic rings. The monoisotopic (exact) mass is 448 g/mol. The summed E-state index contributed by atoms with van der Waals surface area (Å²) in [5.41, 5.74) is 0.767. The summed E-state index contributed by atoms with van der Waals surface area (Å²) in [7, 11) is -0.776. The smallest absolute Gasteiger partial charge is 0.246 e. The van der Waals surface area contributed by atoms with E-state index in [2.05, 4.69) is 10.1 Å². The number of nitrogens with zero attached hydrogens (tertiary/aromatic N) is 4. The summed E-state index contributed by atoms with van der Waals surface area (Å²) in [6.45, 7) is -0.527. The Morgan fingerprint density at radius 1 is 1.19 bits per heavy atom. The van der Waals surface area contributed by atoms with Crippen LogP contribution in [0.5, 0.6) is 5.75 Å². The molecule has 0 aliphatic heterocycles. The molecule has 0 N–H and O–H groups in total. The van der Waals surface area contributed by atoms with Crippen molar-refractivity contribution in [1.29, 1.82) is 0 Å². The van der Waals surface area contributed by atoms with Crippen molar-refractivity contribution in [3.63, 3.8) is 0 Å². The second-order valence-corrected chi connectivity index (χ2v) is 8.65. The SMILES string of the molecule is COc1ccc(-c2noc(CN(C)C(=O)CN(c3cccc(F)c3)S(C)(=O)=O)n2)cc1. The number of sulfonamides is 1. The zero-order chi connectivity index (χ0) is 22.6. The lowest BCUT2D eigenvalue weighted by atomic mass is 10.2. The summed E-state index contributed by atoms with van der Waals surface area (Å²) in [5.74, 6) is 0.0728. The Morgan fingerprint density at radius 2 is 1.90 bits per heavy atom. The van der Waals surface area contributed by atoms with Crippen LogP contribution in [0.25, 0.3) is 11.4 Å². The van der Waals surface area contributed by atoms with E-state index in [4.69, 9.17) is 9.26 Å². The Bertz CT molecular complexity index is 1160. The standard InChI is InChI=1S/C20H21FN4O5S/c1-24(12-18-22-20(23-30-18)14-7-9-17(29-2)10-8-14)19(26)13-25(31(3,27)28)16-6-4-5-15(21)11-16/h4-11H,12-13H2,1-3H3. The molecule has 11 heteroatoms. The summed E-state index contributed by atoms with van der Waals surface area (Å²) < 4.78 is 49.0. The lowest BCUT2D eigenvalue weighted by molar-refractivity contribution is -0.129. The summed E-state index contributed by atoms with van der Waals surface area (Å²) >= 11 is 0. The average molecular weight is 448 g/mol. The Morgan fingerprint density at radius 3 is 2.52 bits per heavy atom. The van der Waals surface area contributed by atoms with Crippen LogP contribution in [0.3, 0.4) is 0 Å². The third-order valence-electron chi connectivity index (χ3n) is 4.39. The van der Waals surface area contributed by atoms with Gasteiger partial charge in [0.25, 0.3) is 0 Å². The maximum Gasteiger partial charge on any atom is 0.246 e. The van der Waals surface area contributed by atoms with Gasteiger partial charge in [-0.2, -0.15) is 4.98 Å². The number of rotatable bonds is 8. The molecule has 0 saturated carbocycles. The number of benzene rings is 2. The number of methoxy groups -OCH3 is 1. The van der Waals surface area contributed by atoms with Gasteiger partial charge >= 0.3 is 0 Å². The van der Waals surface area contributed by atoms with E-state index in [0.717, 1.165) is 16.6 Å². The molecule has 0 aliphatic carbocycles. The molecule has 0 atom stereocenters. The van der Waals surface area contributed by atoms with Crippen LogP contribution in [0.4, 0.5) is 10.1 Å². The van der Waals surface area contributed by atoms with Gasteiger partial charge in [0.05, 0.1) is 25.6 Å². The Labute approximate surface area is 179 Å².